The molecule has 0 radical (unpaired) electrons. The standard InChI is InChI=1S/C6H9ClF3NO2/c1-11(3-6(8,9)10)2-4(7)5(12)13/h4H,2-3H2,1H3,(H,12,13). The highest BCUT2D eigenvalue weighted by molar-refractivity contribution is 6.29. The molecule has 0 amide bonds. The van der Waals surface area contributed by atoms with Crippen LogP contribution < -0.4 is 0 Å². The predicted molar refractivity (Wildman–Crippen MR) is 40.8 cm³/mol. The summed E-state index contributed by atoms with van der Waals surface area (Å²) >= 11 is 5.23. The van der Waals surface area contributed by atoms with Crippen molar-refractivity contribution < 1.29 is 23.1 Å². The van der Waals surface area contributed by atoms with Gasteiger partial charge in [-0.05, 0) is 7.05 Å². The zero-order valence-corrected chi connectivity index (χ0v) is 7.56. The van der Waals surface area contributed by atoms with Crippen LogP contribution in [-0.4, -0.2) is 47.7 Å². The number of carbonyl (C=O) groups is 1. The number of aliphatic carboxylic acids is 1. The Morgan fingerprint density at radius 3 is 2.38 bits per heavy atom. The number of carboxylic acids is 1. The fourth-order valence-corrected chi connectivity index (χ4v) is 0.958. The van der Waals surface area contributed by atoms with E-state index in [9.17, 15) is 18.0 Å². The molecule has 1 unspecified atom stereocenters. The number of alkyl halides is 4. The smallest absolute Gasteiger partial charge is 0.401 e. The largest absolute Gasteiger partial charge is 0.480 e. The molecular weight excluding hydrogens is 211 g/mol. The van der Waals surface area contributed by atoms with Crippen molar-refractivity contribution in [3.63, 3.8) is 0 Å². The molecule has 0 fully saturated rings. The molecule has 0 saturated heterocycles. The molecule has 0 aromatic carbocycles. The molecule has 0 aliphatic rings. The molecule has 0 rings (SSSR count). The second kappa shape index (κ2) is 4.66. The average molecular weight is 220 g/mol. The van der Waals surface area contributed by atoms with Crippen LogP contribution in [0.5, 0.6) is 0 Å². The lowest BCUT2D eigenvalue weighted by molar-refractivity contribution is -0.146. The van der Waals surface area contributed by atoms with Gasteiger partial charge in [0.05, 0.1) is 6.54 Å². The molecule has 0 spiro atoms. The number of hydrogen-bond acceptors (Lipinski definition) is 2. The molecule has 0 heterocycles. The van der Waals surface area contributed by atoms with Crippen molar-refractivity contribution >= 4 is 17.6 Å². The van der Waals surface area contributed by atoms with E-state index in [1.54, 1.807) is 0 Å². The predicted octanol–water partition coefficient (Wildman–Crippen LogP) is 1.17. The summed E-state index contributed by atoms with van der Waals surface area (Å²) in [6.45, 7) is -1.50. The highest BCUT2D eigenvalue weighted by Crippen LogP contribution is 2.16. The second-order valence-electron chi connectivity index (χ2n) is 2.62. The number of halogens is 4. The summed E-state index contributed by atoms with van der Waals surface area (Å²) in [6.07, 6.45) is -4.33. The van der Waals surface area contributed by atoms with E-state index in [1.807, 2.05) is 0 Å². The van der Waals surface area contributed by atoms with E-state index < -0.39 is 24.1 Å². The van der Waals surface area contributed by atoms with Crippen molar-refractivity contribution in [2.45, 2.75) is 11.6 Å². The Kier molecular flexibility index (Phi) is 4.49. The summed E-state index contributed by atoms with van der Waals surface area (Å²) in [7, 11) is 1.16. The van der Waals surface area contributed by atoms with Crippen LogP contribution in [-0.2, 0) is 4.79 Å². The topological polar surface area (TPSA) is 40.5 Å². The molecule has 1 N–H and O–H groups in total. The molecule has 3 nitrogen and oxygen atoms in total. The van der Waals surface area contributed by atoms with Gasteiger partial charge in [-0.25, -0.2) is 0 Å². The van der Waals surface area contributed by atoms with Crippen LogP contribution in [0.15, 0.2) is 0 Å². The summed E-state index contributed by atoms with van der Waals surface area (Å²) in [5, 5.41) is 6.98. The summed E-state index contributed by atoms with van der Waals surface area (Å²) in [5.41, 5.74) is 0. The van der Waals surface area contributed by atoms with Gasteiger partial charge in [0.2, 0.25) is 0 Å². The first-order valence-electron chi connectivity index (χ1n) is 3.34. The van der Waals surface area contributed by atoms with Crippen molar-refractivity contribution in [2.75, 3.05) is 20.1 Å². The molecule has 78 valence electrons. The monoisotopic (exact) mass is 219 g/mol. The van der Waals surface area contributed by atoms with Gasteiger partial charge in [0.25, 0.3) is 0 Å². The Labute approximate surface area is 78.1 Å². The molecule has 0 aliphatic heterocycles. The van der Waals surface area contributed by atoms with Gasteiger partial charge in [0.1, 0.15) is 5.38 Å². The van der Waals surface area contributed by atoms with E-state index in [0.29, 0.717) is 0 Å². The molecule has 0 aliphatic carbocycles. The van der Waals surface area contributed by atoms with Crippen molar-refractivity contribution in [3.05, 3.63) is 0 Å². The fourth-order valence-electron chi connectivity index (χ4n) is 0.722. The third-order valence-electron chi connectivity index (χ3n) is 1.19. The summed E-state index contributed by atoms with van der Waals surface area (Å²) in [6, 6.07) is 0. The Hall–Kier alpha value is -0.490. The van der Waals surface area contributed by atoms with E-state index in [-0.39, 0.29) is 6.54 Å². The molecule has 0 saturated carbocycles. The van der Waals surface area contributed by atoms with Crippen molar-refractivity contribution in [3.8, 4) is 0 Å². The van der Waals surface area contributed by atoms with E-state index in [1.165, 1.54) is 0 Å². The van der Waals surface area contributed by atoms with Crippen LogP contribution in [0, 0.1) is 0 Å². The van der Waals surface area contributed by atoms with Crippen molar-refractivity contribution in [2.24, 2.45) is 0 Å². The first-order chi connectivity index (χ1) is 5.72. The van der Waals surface area contributed by atoms with Gasteiger partial charge in [0, 0.05) is 6.54 Å². The molecule has 0 aromatic heterocycles. The lowest BCUT2D eigenvalue weighted by Gasteiger charge is -2.19. The third kappa shape index (κ3) is 6.65. The maximum atomic E-state index is 11.7. The van der Waals surface area contributed by atoms with E-state index in [4.69, 9.17) is 16.7 Å². The van der Waals surface area contributed by atoms with E-state index in [0.717, 1.165) is 11.9 Å². The number of carboxylic acid groups (broad SMARTS) is 1. The van der Waals surface area contributed by atoms with E-state index >= 15 is 0 Å². The van der Waals surface area contributed by atoms with Gasteiger partial charge in [-0.15, -0.1) is 11.6 Å². The lowest BCUT2D eigenvalue weighted by Crippen LogP contribution is -2.37. The van der Waals surface area contributed by atoms with Gasteiger partial charge >= 0.3 is 12.1 Å². The minimum absolute atomic E-state index is 0.337. The van der Waals surface area contributed by atoms with Crippen LogP contribution in [0.25, 0.3) is 0 Å². The van der Waals surface area contributed by atoms with Gasteiger partial charge in [-0.1, -0.05) is 0 Å². The minimum Gasteiger partial charge on any atom is -0.480 e. The summed E-state index contributed by atoms with van der Waals surface area (Å²) in [5.74, 6) is -1.32. The molecule has 13 heavy (non-hydrogen) atoms. The molecule has 0 aromatic rings. The minimum atomic E-state index is -4.33. The Balaban J connectivity index is 3.88. The third-order valence-corrected chi connectivity index (χ3v) is 1.51. The van der Waals surface area contributed by atoms with Crippen LogP contribution in [0.3, 0.4) is 0 Å². The van der Waals surface area contributed by atoms with Gasteiger partial charge in [-0.2, -0.15) is 13.2 Å². The normalized spacial score (nSPS) is 14.6. The van der Waals surface area contributed by atoms with Crippen LogP contribution in [0.1, 0.15) is 0 Å². The van der Waals surface area contributed by atoms with Crippen molar-refractivity contribution in [1.29, 1.82) is 0 Å². The highest BCUT2D eigenvalue weighted by Gasteiger charge is 2.30. The highest BCUT2D eigenvalue weighted by atomic mass is 35.5. The Bertz CT molecular complexity index is 185. The molecule has 7 heteroatoms. The zero-order chi connectivity index (χ0) is 10.6. The maximum Gasteiger partial charge on any atom is 0.401 e. The Morgan fingerprint density at radius 1 is 1.62 bits per heavy atom. The zero-order valence-electron chi connectivity index (χ0n) is 6.81. The van der Waals surface area contributed by atoms with Crippen molar-refractivity contribution in [1.82, 2.24) is 4.90 Å². The first kappa shape index (κ1) is 12.5. The SMILES string of the molecule is CN(CC(Cl)C(=O)O)CC(F)(F)F. The first-order valence-corrected chi connectivity index (χ1v) is 3.78. The fraction of sp³-hybridized carbons (Fsp3) is 0.833. The average Bonchev–Trinajstić information content (AvgIpc) is 1.81. The maximum absolute atomic E-state index is 11.7. The number of hydrogen-bond donors (Lipinski definition) is 1. The van der Waals surface area contributed by atoms with Gasteiger partial charge in [0.15, 0.2) is 0 Å². The quantitative estimate of drug-likeness (QED) is 0.722. The van der Waals surface area contributed by atoms with Crippen LogP contribution in [0.2, 0.25) is 0 Å². The molecule has 1 atom stereocenters. The second-order valence-corrected chi connectivity index (χ2v) is 3.14. The van der Waals surface area contributed by atoms with E-state index in [2.05, 4.69) is 0 Å². The van der Waals surface area contributed by atoms with Gasteiger partial charge in [-0.3, -0.25) is 9.69 Å². The number of rotatable bonds is 4. The Morgan fingerprint density at radius 2 is 2.08 bits per heavy atom. The lowest BCUT2D eigenvalue weighted by atomic mass is 10.4. The summed E-state index contributed by atoms with van der Waals surface area (Å²) in [4.78, 5) is 11.0. The molecular formula is C6H9ClF3NO2. The summed E-state index contributed by atoms with van der Waals surface area (Å²) < 4.78 is 35.2. The van der Waals surface area contributed by atoms with Crippen LogP contribution >= 0.6 is 11.6 Å². The number of nitrogens with zero attached hydrogens (tertiary/aromatic N) is 1. The molecule has 0 bridgehead atoms. The van der Waals surface area contributed by atoms with Crippen LogP contribution in [0.4, 0.5) is 13.2 Å². The van der Waals surface area contributed by atoms with Gasteiger partial charge < -0.3 is 5.11 Å².